The van der Waals surface area contributed by atoms with Crippen molar-refractivity contribution in [2.24, 2.45) is 11.8 Å². The molecule has 0 unspecified atom stereocenters. The van der Waals surface area contributed by atoms with E-state index < -0.39 is 11.8 Å². The van der Waals surface area contributed by atoms with E-state index in [0.717, 1.165) is 19.3 Å². The van der Waals surface area contributed by atoms with E-state index in [-0.39, 0.29) is 6.10 Å². The first-order chi connectivity index (χ1) is 8.19. The largest absolute Gasteiger partial charge is 0.509 e. The minimum Gasteiger partial charge on any atom is -0.430 e. The van der Waals surface area contributed by atoms with Crippen molar-refractivity contribution >= 4 is 6.16 Å². The lowest BCUT2D eigenvalue weighted by molar-refractivity contribution is -0.0565. The normalized spacial score (nSPS) is 12.3. The second kappa shape index (κ2) is 7.65. The minimum atomic E-state index is -0.538. The van der Waals surface area contributed by atoms with E-state index in [4.69, 9.17) is 9.47 Å². The summed E-state index contributed by atoms with van der Waals surface area (Å²) in [7, 11) is 0. The zero-order chi connectivity index (χ0) is 14.3. The molecule has 0 aromatic rings. The molecule has 108 valence electrons. The van der Waals surface area contributed by atoms with Crippen LogP contribution in [-0.4, -0.2) is 17.9 Å². The summed E-state index contributed by atoms with van der Waals surface area (Å²) in [6.45, 7) is 14.2. The van der Waals surface area contributed by atoms with Gasteiger partial charge in [-0.25, -0.2) is 4.79 Å². The molecule has 0 aliphatic heterocycles. The molecule has 0 radical (unpaired) electrons. The molecule has 3 heteroatoms. The molecule has 0 saturated heterocycles. The fraction of sp³-hybridized carbons (Fsp3) is 0.933. The molecular formula is C15H30O3. The molecule has 3 nitrogen and oxygen atoms in total. The molecule has 0 spiro atoms. The number of carbonyl (C=O) groups excluding carboxylic acids is 1. The summed E-state index contributed by atoms with van der Waals surface area (Å²) in [5.41, 5.74) is -0.439. The van der Waals surface area contributed by atoms with Crippen LogP contribution in [0.3, 0.4) is 0 Å². The van der Waals surface area contributed by atoms with Crippen LogP contribution in [0.5, 0.6) is 0 Å². The van der Waals surface area contributed by atoms with Crippen molar-refractivity contribution in [1.82, 2.24) is 0 Å². The summed E-state index contributed by atoms with van der Waals surface area (Å²) >= 11 is 0. The van der Waals surface area contributed by atoms with E-state index in [1.807, 2.05) is 13.8 Å². The molecular weight excluding hydrogens is 228 g/mol. The molecule has 0 rings (SSSR count). The van der Waals surface area contributed by atoms with Gasteiger partial charge in [-0.2, -0.15) is 0 Å². The van der Waals surface area contributed by atoms with Crippen molar-refractivity contribution in [2.45, 2.75) is 79.4 Å². The van der Waals surface area contributed by atoms with Gasteiger partial charge >= 0.3 is 6.16 Å². The Bertz CT molecular complexity index is 236. The van der Waals surface area contributed by atoms with Crippen molar-refractivity contribution < 1.29 is 14.3 Å². The van der Waals surface area contributed by atoms with Gasteiger partial charge in [0, 0.05) is 0 Å². The van der Waals surface area contributed by atoms with Gasteiger partial charge in [0.2, 0.25) is 0 Å². The molecule has 0 aliphatic carbocycles. The van der Waals surface area contributed by atoms with Gasteiger partial charge in [0.05, 0.1) is 0 Å². The second-order valence-corrected chi connectivity index (χ2v) is 6.29. The van der Waals surface area contributed by atoms with Crippen LogP contribution in [0.15, 0.2) is 0 Å². The first kappa shape index (κ1) is 17.3. The van der Waals surface area contributed by atoms with Crippen LogP contribution in [0.25, 0.3) is 0 Å². The summed E-state index contributed by atoms with van der Waals surface area (Å²) < 4.78 is 10.8. The van der Waals surface area contributed by atoms with Crippen molar-refractivity contribution in [1.29, 1.82) is 0 Å². The Balaban J connectivity index is 4.31. The standard InChI is InChI=1S/C15H30O3/c1-8-9-10-15(6,7)18-14(16)17-13(11(2)3)12(4)5/h11-13H,8-10H2,1-7H3. The Labute approximate surface area is 112 Å². The molecule has 0 aliphatic rings. The fourth-order valence-corrected chi connectivity index (χ4v) is 2.06. The number of unbranched alkanes of at least 4 members (excludes halogenated alkanes) is 1. The van der Waals surface area contributed by atoms with Gasteiger partial charge in [0.15, 0.2) is 0 Å². The molecule has 0 aromatic carbocycles. The number of hydrogen-bond acceptors (Lipinski definition) is 3. The zero-order valence-electron chi connectivity index (χ0n) is 13.1. The van der Waals surface area contributed by atoms with Crippen LogP contribution < -0.4 is 0 Å². The minimum absolute atomic E-state index is 0.0838. The number of rotatable bonds is 7. The second-order valence-electron chi connectivity index (χ2n) is 6.29. The van der Waals surface area contributed by atoms with Gasteiger partial charge in [-0.3, -0.25) is 0 Å². The predicted molar refractivity (Wildman–Crippen MR) is 74.6 cm³/mol. The Morgan fingerprint density at radius 3 is 2.00 bits per heavy atom. The van der Waals surface area contributed by atoms with E-state index in [9.17, 15) is 4.79 Å². The fourth-order valence-electron chi connectivity index (χ4n) is 2.06. The molecule has 0 saturated carbocycles. The summed E-state index contributed by atoms with van der Waals surface area (Å²) in [6.07, 6.45) is 2.40. The van der Waals surface area contributed by atoms with Crippen LogP contribution >= 0.6 is 0 Å². The lowest BCUT2D eigenvalue weighted by atomic mass is 9.96. The Morgan fingerprint density at radius 2 is 1.61 bits per heavy atom. The van der Waals surface area contributed by atoms with Crippen LogP contribution in [-0.2, 0) is 9.47 Å². The Morgan fingerprint density at radius 1 is 1.11 bits per heavy atom. The maximum absolute atomic E-state index is 11.8. The smallest absolute Gasteiger partial charge is 0.430 e. The summed E-state index contributed by atoms with van der Waals surface area (Å²) in [4.78, 5) is 11.8. The first-order valence-corrected chi connectivity index (χ1v) is 7.09. The Hall–Kier alpha value is -0.730. The van der Waals surface area contributed by atoms with E-state index >= 15 is 0 Å². The van der Waals surface area contributed by atoms with Crippen LogP contribution in [0, 0.1) is 11.8 Å². The number of ether oxygens (including phenoxy) is 2. The molecule has 18 heavy (non-hydrogen) atoms. The summed E-state index contributed by atoms with van der Waals surface area (Å²) in [6, 6.07) is 0. The van der Waals surface area contributed by atoms with Gasteiger partial charge in [-0.05, 0) is 38.5 Å². The van der Waals surface area contributed by atoms with Gasteiger partial charge in [0.1, 0.15) is 11.7 Å². The predicted octanol–water partition coefficient (Wildman–Crippen LogP) is 4.79. The maximum atomic E-state index is 11.8. The molecule has 0 amide bonds. The highest BCUT2D eigenvalue weighted by Crippen LogP contribution is 2.22. The van der Waals surface area contributed by atoms with Gasteiger partial charge in [-0.1, -0.05) is 41.0 Å². The quantitative estimate of drug-likeness (QED) is 0.616. The van der Waals surface area contributed by atoms with Crippen molar-refractivity contribution in [3.8, 4) is 0 Å². The average Bonchev–Trinajstić information content (AvgIpc) is 2.21. The topological polar surface area (TPSA) is 35.5 Å². The average molecular weight is 258 g/mol. The number of hydrogen-bond donors (Lipinski definition) is 0. The monoisotopic (exact) mass is 258 g/mol. The van der Waals surface area contributed by atoms with Crippen LogP contribution in [0.2, 0.25) is 0 Å². The SMILES string of the molecule is CCCCC(C)(C)OC(=O)OC(C(C)C)C(C)C. The lowest BCUT2D eigenvalue weighted by Crippen LogP contribution is -2.34. The molecule has 0 aromatic heterocycles. The van der Waals surface area contributed by atoms with Gasteiger partial charge in [0.25, 0.3) is 0 Å². The van der Waals surface area contributed by atoms with E-state index in [1.54, 1.807) is 0 Å². The van der Waals surface area contributed by atoms with E-state index in [1.165, 1.54) is 0 Å². The molecule has 0 bridgehead atoms. The molecule has 0 fully saturated rings. The molecule has 0 atom stereocenters. The van der Waals surface area contributed by atoms with Crippen molar-refractivity contribution in [3.05, 3.63) is 0 Å². The van der Waals surface area contributed by atoms with Crippen LogP contribution in [0.4, 0.5) is 4.79 Å². The third-order valence-electron chi connectivity index (χ3n) is 3.04. The van der Waals surface area contributed by atoms with E-state index in [0.29, 0.717) is 11.8 Å². The lowest BCUT2D eigenvalue weighted by Gasteiger charge is -2.29. The van der Waals surface area contributed by atoms with E-state index in [2.05, 4.69) is 34.6 Å². The highest BCUT2D eigenvalue weighted by atomic mass is 16.7. The molecule has 0 N–H and O–H groups in total. The zero-order valence-corrected chi connectivity index (χ0v) is 13.1. The first-order valence-electron chi connectivity index (χ1n) is 7.09. The van der Waals surface area contributed by atoms with Gasteiger partial charge in [-0.15, -0.1) is 0 Å². The number of carbonyl (C=O) groups is 1. The maximum Gasteiger partial charge on any atom is 0.509 e. The van der Waals surface area contributed by atoms with Crippen LogP contribution in [0.1, 0.15) is 67.7 Å². The van der Waals surface area contributed by atoms with Gasteiger partial charge < -0.3 is 9.47 Å². The Kier molecular flexibility index (Phi) is 7.34. The van der Waals surface area contributed by atoms with Crippen molar-refractivity contribution in [3.63, 3.8) is 0 Å². The highest BCUT2D eigenvalue weighted by Gasteiger charge is 2.27. The molecule has 0 heterocycles. The third kappa shape index (κ3) is 6.87. The van der Waals surface area contributed by atoms with Crippen molar-refractivity contribution in [2.75, 3.05) is 0 Å². The summed E-state index contributed by atoms with van der Waals surface area (Å²) in [5, 5.41) is 0. The third-order valence-corrected chi connectivity index (χ3v) is 3.04. The summed E-state index contributed by atoms with van der Waals surface area (Å²) in [5.74, 6) is 0.604. The highest BCUT2D eigenvalue weighted by molar-refractivity contribution is 5.60.